The van der Waals surface area contributed by atoms with Crippen molar-refractivity contribution >= 4 is 41.2 Å². The molecule has 1 fully saturated rings. The second kappa shape index (κ2) is 8.69. The molecular formula is C20H20ClFN2O5S. The highest BCUT2D eigenvalue weighted by molar-refractivity contribution is 8.04. The molecule has 2 atom stereocenters. The van der Waals surface area contributed by atoms with Crippen LogP contribution in [0.5, 0.6) is 0 Å². The number of hydrogen-bond donors (Lipinski definition) is 1. The molecule has 0 unspecified atom stereocenters. The number of rotatable bonds is 5. The van der Waals surface area contributed by atoms with Gasteiger partial charge in [-0.2, -0.15) is 0 Å². The first kappa shape index (κ1) is 22.2. The summed E-state index contributed by atoms with van der Waals surface area (Å²) in [5, 5.41) is -0.380. The summed E-state index contributed by atoms with van der Waals surface area (Å²) in [6, 6.07) is 4.00. The van der Waals surface area contributed by atoms with E-state index in [2.05, 4.69) is 0 Å². The Kier molecular flexibility index (Phi) is 6.42. The lowest BCUT2D eigenvalue weighted by molar-refractivity contribution is -0.139. The minimum Gasteiger partial charge on any atom is -0.463 e. The minimum atomic E-state index is -1.30. The molecule has 3 rings (SSSR count). The lowest BCUT2D eigenvalue weighted by Crippen LogP contribution is -2.40. The largest absolute Gasteiger partial charge is 0.463 e. The first-order valence-corrected chi connectivity index (χ1v) is 10.5. The van der Waals surface area contributed by atoms with Crippen molar-refractivity contribution < 1.29 is 28.2 Å². The van der Waals surface area contributed by atoms with E-state index in [1.54, 1.807) is 20.8 Å². The lowest BCUT2D eigenvalue weighted by atomic mass is 9.82. The molecule has 2 aliphatic heterocycles. The summed E-state index contributed by atoms with van der Waals surface area (Å²) in [7, 11) is 0. The van der Waals surface area contributed by atoms with E-state index in [0.717, 1.165) is 22.7 Å². The maximum absolute atomic E-state index is 14.9. The van der Waals surface area contributed by atoms with Gasteiger partial charge in [-0.25, -0.2) is 14.0 Å². The Morgan fingerprint density at radius 2 is 1.80 bits per heavy atom. The van der Waals surface area contributed by atoms with Gasteiger partial charge in [-0.15, -0.1) is 0 Å². The van der Waals surface area contributed by atoms with Crippen LogP contribution in [0.1, 0.15) is 32.3 Å². The Bertz CT molecular complexity index is 973. The zero-order valence-corrected chi connectivity index (χ0v) is 18.1. The van der Waals surface area contributed by atoms with E-state index in [-0.39, 0.29) is 45.8 Å². The average Bonchev–Trinajstić information content (AvgIpc) is 2.97. The van der Waals surface area contributed by atoms with Crippen molar-refractivity contribution in [3.8, 4) is 0 Å². The summed E-state index contributed by atoms with van der Waals surface area (Å²) >= 11 is 7.37. The number of esters is 2. The number of hydrogen-bond acceptors (Lipinski definition) is 7. The molecule has 7 nitrogen and oxygen atoms in total. The van der Waals surface area contributed by atoms with Crippen LogP contribution < -0.4 is 5.73 Å². The highest BCUT2D eigenvalue weighted by atomic mass is 35.5. The van der Waals surface area contributed by atoms with Crippen molar-refractivity contribution in [1.29, 1.82) is 0 Å². The van der Waals surface area contributed by atoms with Crippen LogP contribution in [-0.4, -0.2) is 41.2 Å². The maximum atomic E-state index is 14.9. The number of thioether (sulfide) groups is 1. The van der Waals surface area contributed by atoms with Crippen molar-refractivity contribution in [1.82, 2.24) is 4.90 Å². The standard InChI is InChI=1S/C20H20ClFN2O5S/c1-4-28-19(26)14-13(12-10(21)7-6-8-11(12)22)15(20(27)29-5-2)18-24(16(14)23)17(25)9(3)30-18/h6-9,13H,4-5,23H2,1-3H3/t9-,13+/m0/s1. The van der Waals surface area contributed by atoms with Gasteiger partial charge in [-0.05, 0) is 32.9 Å². The van der Waals surface area contributed by atoms with E-state index < -0.39 is 34.8 Å². The summed E-state index contributed by atoms with van der Waals surface area (Å²) in [5.41, 5.74) is 5.80. The number of carbonyl (C=O) groups excluding carboxylic acids is 3. The van der Waals surface area contributed by atoms with Gasteiger partial charge in [-0.1, -0.05) is 29.4 Å². The fourth-order valence-corrected chi connectivity index (χ4v) is 4.86. The molecule has 2 heterocycles. The summed E-state index contributed by atoms with van der Waals surface area (Å²) in [6.07, 6.45) is 0. The molecule has 0 radical (unpaired) electrons. The highest BCUT2D eigenvalue weighted by Gasteiger charge is 2.50. The van der Waals surface area contributed by atoms with E-state index in [9.17, 15) is 18.8 Å². The molecule has 30 heavy (non-hydrogen) atoms. The Balaban J connectivity index is 2.37. The summed E-state index contributed by atoms with van der Waals surface area (Å²) < 4.78 is 25.2. The Labute approximate surface area is 182 Å². The predicted octanol–water partition coefficient (Wildman–Crippen LogP) is 3.05. The van der Waals surface area contributed by atoms with E-state index >= 15 is 0 Å². The number of nitrogens with zero attached hydrogens (tertiary/aromatic N) is 1. The van der Waals surface area contributed by atoms with Gasteiger partial charge in [0.2, 0.25) is 5.91 Å². The Morgan fingerprint density at radius 1 is 1.20 bits per heavy atom. The van der Waals surface area contributed by atoms with E-state index in [1.165, 1.54) is 12.1 Å². The summed E-state index contributed by atoms with van der Waals surface area (Å²) in [6.45, 7) is 4.90. The van der Waals surface area contributed by atoms with E-state index in [0.29, 0.717) is 0 Å². The fraction of sp³-hybridized carbons (Fsp3) is 0.350. The normalized spacial score (nSPS) is 21.1. The summed E-state index contributed by atoms with van der Waals surface area (Å²) in [4.78, 5) is 39.7. The van der Waals surface area contributed by atoms with Crippen molar-refractivity contribution in [2.45, 2.75) is 31.9 Å². The van der Waals surface area contributed by atoms with Crippen LogP contribution in [0.15, 0.2) is 40.2 Å². The Morgan fingerprint density at radius 3 is 2.37 bits per heavy atom. The fourth-order valence-electron chi connectivity index (χ4n) is 3.42. The van der Waals surface area contributed by atoms with Gasteiger partial charge in [0.15, 0.2) is 0 Å². The van der Waals surface area contributed by atoms with Crippen molar-refractivity contribution in [2.24, 2.45) is 5.73 Å². The zero-order chi connectivity index (χ0) is 22.2. The number of carbonyl (C=O) groups is 3. The minimum absolute atomic E-state index is 0.00665. The first-order chi connectivity index (χ1) is 14.2. The van der Waals surface area contributed by atoms with Gasteiger partial charge in [0, 0.05) is 10.6 Å². The molecule has 2 aliphatic rings. The number of halogens is 2. The van der Waals surface area contributed by atoms with Crippen molar-refractivity contribution in [3.63, 3.8) is 0 Å². The number of ether oxygens (including phenoxy) is 2. The topological polar surface area (TPSA) is 98.9 Å². The number of benzene rings is 1. The molecule has 1 aromatic rings. The molecule has 1 amide bonds. The van der Waals surface area contributed by atoms with Crippen LogP contribution in [0, 0.1) is 5.82 Å². The molecule has 0 saturated carbocycles. The zero-order valence-electron chi connectivity index (χ0n) is 16.5. The van der Waals surface area contributed by atoms with Crippen LogP contribution in [0.4, 0.5) is 4.39 Å². The van der Waals surface area contributed by atoms with Gasteiger partial charge >= 0.3 is 11.9 Å². The Hall–Kier alpha value is -2.52. The highest BCUT2D eigenvalue weighted by Crippen LogP contribution is 2.51. The van der Waals surface area contributed by atoms with Gasteiger partial charge < -0.3 is 15.2 Å². The number of nitrogens with two attached hydrogens (primary N) is 1. The quantitative estimate of drug-likeness (QED) is 0.682. The molecule has 0 aromatic heterocycles. The summed E-state index contributed by atoms with van der Waals surface area (Å²) in [5.74, 6) is -4.34. The van der Waals surface area contributed by atoms with Gasteiger partial charge in [0.1, 0.15) is 11.6 Å². The third-order valence-electron chi connectivity index (χ3n) is 4.66. The maximum Gasteiger partial charge on any atom is 0.338 e. The van der Waals surface area contributed by atoms with Crippen LogP contribution in [0.3, 0.4) is 0 Å². The molecule has 0 spiro atoms. The molecule has 0 bridgehead atoms. The number of fused-ring (bicyclic) bond motifs is 1. The van der Waals surface area contributed by atoms with Crippen LogP contribution in [-0.2, 0) is 23.9 Å². The predicted molar refractivity (Wildman–Crippen MR) is 110 cm³/mol. The van der Waals surface area contributed by atoms with Crippen LogP contribution in [0.2, 0.25) is 5.02 Å². The second-order valence-electron chi connectivity index (χ2n) is 6.46. The van der Waals surface area contributed by atoms with Gasteiger partial charge in [-0.3, -0.25) is 9.69 Å². The van der Waals surface area contributed by atoms with Gasteiger partial charge in [0.05, 0.1) is 40.6 Å². The lowest BCUT2D eigenvalue weighted by Gasteiger charge is -2.33. The molecule has 1 saturated heterocycles. The molecule has 0 aliphatic carbocycles. The SMILES string of the molecule is CCOC(=O)C1=C(N)N2C(=O)[C@H](C)SC2=C(C(=O)OCC)[C@@H]1c1c(F)cccc1Cl. The first-order valence-electron chi connectivity index (χ1n) is 9.27. The third kappa shape index (κ3) is 3.56. The smallest absolute Gasteiger partial charge is 0.338 e. The molecule has 2 N–H and O–H groups in total. The molecular weight excluding hydrogens is 435 g/mol. The molecule has 160 valence electrons. The third-order valence-corrected chi connectivity index (χ3v) is 6.17. The molecule has 1 aromatic carbocycles. The second-order valence-corrected chi connectivity index (χ2v) is 8.20. The average molecular weight is 455 g/mol. The number of amides is 1. The van der Waals surface area contributed by atoms with Crippen molar-refractivity contribution in [3.05, 3.63) is 56.6 Å². The van der Waals surface area contributed by atoms with Crippen LogP contribution in [0.25, 0.3) is 0 Å². The monoisotopic (exact) mass is 454 g/mol. The molecule has 10 heteroatoms. The van der Waals surface area contributed by atoms with Crippen molar-refractivity contribution in [2.75, 3.05) is 13.2 Å². The van der Waals surface area contributed by atoms with E-state index in [1.807, 2.05) is 0 Å². The van der Waals surface area contributed by atoms with Gasteiger partial charge in [0.25, 0.3) is 0 Å². The van der Waals surface area contributed by atoms with E-state index in [4.69, 9.17) is 26.8 Å². The van der Waals surface area contributed by atoms with Crippen LogP contribution >= 0.6 is 23.4 Å².